The van der Waals surface area contributed by atoms with Crippen molar-refractivity contribution in [3.8, 4) is 5.75 Å². The first kappa shape index (κ1) is 23.3. The second-order valence-corrected chi connectivity index (χ2v) is 9.38. The molecule has 2 aliphatic rings. The average molecular weight is 449 g/mol. The summed E-state index contributed by atoms with van der Waals surface area (Å²) in [4.78, 5) is 27.1. The van der Waals surface area contributed by atoms with Crippen LogP contribution in [0.5, 0.6) is 5.75 Å². The Morgan fingerprint density at radius 1 is 0.848 bits per heavy atom. The number of carbonyl (C=O) groups excluding carboxylic acids is 2. The highest BCUT2D eigenvalue weighted by molar-refractivity contribution is 5.80. The third-order valence-corrected chi connectivity index (χ3v) is 6.93. The van der Waals surface area contributed by atoms with Gasteiger partial charge < -0.3 is 15.0 Å². The molecular weight excluding hydrogens is 412 g/mol. The zero-order chi connectivity index (χ0) is 22.9. The van der Waals surface area contributed by atoms with E-state index in [1.54, 1.807) is 0 Å². The molecule has 0 unspecified atom stereocenters. The number of hydrogen-bond donors (Lipinski definition) is 1. The van der Waals surface area contributed by atoms with E-state index in [-0.39, 0.29) is 17.7 Å². The Morgan fingerprint density at radius 2 is 1.55 bits per heavy atom. The molecule has 0 radical (unpaired) electrons. The summed E-state index contributed by atoms with van der Waals surface area (Å²) in [7, 11) is 0. The van der Waals surface area contributed by atoms with Crippen molar-refractivity contribution >= 4 is 11.8 Å². The van der Waals surface area contributed by atoms with Gasteiger partial charge in [-0.25, -0.2) is 0 Å². The maximum Gasteiger partial charge on any atom is 0.223 e. The molecule has 0 bridgehead atoms. The van der Waals surface area contributed by atoms with Gasteiger partial charge in [0.25, 0.3) is 0 Å². The van der Waals surface area contributed by atoms with Crippen LogP contribution in [0.3, 0.4) is 0 Å². The molecule has 5 nitrogen and oxygen atoms in total. The molecule has 5 heteroatoms. The standard InChI is InChI=1S/C28H36N2O3/c31-27(16-13-22-7-3-1-4-8-22)30-19-17-24(18-20-30)28(32)29-21-23-11-14-26(15-12-23)33-25-9-5-2-6-10-25/h1,3-4,7-8,11-12,14-15,24-25H,2,5-6,9-10,13,16-21H2,(H,29,32). The van der Waals surface area contributed by atoms with Crippen LogP contribution in [0.15, 0.2) is 54.6 Å². The Kier molecular flexibility index (Phi) is 8.40. The Morgan fingerprint density at radius 3 is 2.24 bits per heavy atom. The lowest BCUT2D eigenvalue weighted by Gasteiger charge is -2.31. The number of ether oxygens (including phenoxy) is 1. The van der Waals surface area contributed by atoms with Crippen LogP contribution in [0.4, 0.5) is 0 Å². The molecule has 0 aromatic heterocycles. The Bertz CT molecular complexity index is 883. The van der Waals surface area contributed by atoms with Gasteiger partial charge in [0.1, 0.15) is 5.75 Å². The molecule has 0 atom stereocenters. The van der Waals surface area contributed by atoms with E-state index in [0.29, 0.717) is 32.2 Å². The summed E-state index contributed by atoms with van der Waals surface area (Å²) in [5.74, 6) is 1.18. The van der Waals surface area contributed by atoms with Gasteiger partial charge in [0, 0.05) is 32.0 Å². The van der Waals surface area contributed by atoms with Crippen molar-refractivity contribution in [3.05, 3.63) is 65.7 Å². The Hall–Kier alpha value is -2.82. The lowest BCUT2D eigenvalue weighted by Crippen LogP contribution is -2.43. The second-order valence-electron chi connectivity index (χ2n) is 9.38. The quantitative estimate of drug-likeness (QED) is 0.626. The topological polar surface area (TPSA) is 58.6 Å². The van der Waals surface area contributed by atoms with Crippen molar-refractivity contribution in [3.63, 3.8) is 0 Å². The molecule has 4 rings (SSSR count). The zero-order valence-corrected chi connectivity index (χ0v) is 19.5. The van der Waals surface area contributed by atoms with Crippen LogP contribution in [0.1, 0.15) is 62.5 Å². The van der Waals surface area contributed by atoms with Crippen molar-refractivity contribution in [2.45, 2.75) is 70.4 Å². The molecule has 176 valence electrons. The van der Waals surface area contributed by atoms with Crippen LogP contribution in [0, 0.1) is 5.92 Å². The summed E-state index contributed by atoms with van der Waals surface area (Å²) < 4.78 is 6.08. The minimum atomic E-state index is -0.0166. The van der Waals surface area contributed by atoms with Crippen molar-refractivity contribution in [2.75, 3.05) is 13.1 Å². The second kappa shape index (κ2) is 11.9. The molecule has 1 saturated heterocycles. The van der Waals surface area contributed by atoms with Crippen LogP contribution in [-0.4, -0.2) is 35.9 Å². The first-order chi connectivity index (χ1) is 16.2. The Balaban J connectivity index is 1.15. The molecule has 2 fully saturated rings. The number of hydrogen-bond acceptors (Lipinski definition) is 3. The number of aryl methyl sites for hydroxylation is 1. The third kappa shape index (κ3) is 7.08. The van der Waals surface area contributed by atoms with Gasteiger partial charge in [-0.05, 0) is 68.2 Å². The highest BCUT2D eigenvalue weighted by Gasteiger charge is 2.27. The molecule has 0 spiro atoms. The summed E-state index contributed by atoms with van der Waals surface area (Å²) >= 11 is 0. The van der Waals surface area contributed by atoms with Crippen LogP contribution >= 0.6 is 0 Å². The summed E-state index contributed by atoms with van der Waals surface area (Å²) in [5.41, 5.74) is 2.27. The van der Waals surface area contributed by atoms with Crippen LogP contribution in [0.25, 0.3) is 0 Å². The Labute approximate surface area is 197 Å². The lowest BCUT2D eigenvalue weighted by atomic mass is 9.95. The van der Waals surface area contributed by atoms with Gasteiger partial charge >= 0.3 is 0 Å². The maximum atomic E-state index is 12.6. The normalized spacial score (nSPS) is 17.5. The first-order valence-corrected chi connectivity index (χ1v) is 12.5. The molecule has 33 heavy (non-hydrogen) atoms. The van der Waals surface area contributed by atoms with Crippen molar-refractivity contribution in [1.82, 2.24) is 10.2 Å². The molecule has 1 aliphatic heterocycles. The van der Waals surface area contributed by atoms with E-state index in [0.717, 1.165) is 43.4 Å². The van der Waals surface area contributed by atoms with E-state index in [1.165, 1.54) is 24.8 Å². The molecular formula is C28H36N2O3. The summed E-state index contributed by atoms with van der Waals surface area (Å²) in [6, 6.07) is 18.2. The monoisotopic (exact) mass is 448 g/mol. The van der Waals surface area contributed by atoms with E-state index < -0.39 is 0 Å². The number of piperidine rings is 1. The molecule has 2 aromatic carbocycles. The fraction of sp³-hybridized carbons (Fsp3) is 0.500. The van der Waals surface area contributed by atoms with Crippen molar-refractivity contribution in [1.29, 1.82) is 0 Å². The van der Waals surface area contributed by atoms with Gasteiger partial charge in [-0.1, -0.05) is 48.9 Å². The van der Waals surface area contributed by atoms with Gasteiger partial charge in [0.05, 0.1) is 6.10 Å². The van der Waals surface area contributed by atoms with Crippen molar-refractivity contribution < 1.29 is 14.3 Å². The van der Waals surface area contributed by atoms with E-state index in [9.17, 15) is 9.59 Å². The number of likely N-dealkylation sites (tertiary alicyclic amines) is 1. The molecule has 1 aliphatic carbocycles. The number of benzene rings is 2. The van der Waals surface area contributed by atoms with E-state index in [2.05, 4.69) is 17.4 Å². The van der Waals surface area contributed by atoms with Gasteiger partial charge in [0.15, 0.2) is 0 Å². The van der Waals surface area contributed by atoms with Gasteiger partial charge in [-0.15, -0.1) is 0 Å². The summed E-state index contributed by atoms with van der Waals surface area (Å²) in [6.07, 6.45) is 9.25. The molecule has 1 heterocycles. The molecule has 1 saturated carbocycles. The van der Waals surface area contributed by atoms with Gasteiger partial charge in [-0.3, -0.25) is 9.59 Å². The van der Waals surface area contributed by atoms with Crippen LogP contribution in [-0.2, 0) is 22.6 Å². The fourth-order valence-corrected chi connectivity index (χ4v) is 4.84. The van der Waals surface area contributed by atoms with Crippen LogP contribution < -0.4 is 10.1 Å². The van der Waals surface area contributed by atoms with E-state index >= 15 is 0 Å². The average Bonchev–Trinajstić information content (AvgIpc) is 2.88. The molecule has 2 aromatic rings. The predicted octanol–water partition coefficient (Wildman–Crippen LogP) is 4.89. The SMILES string of the molecule is O=C(NCc1ccc(OC2CCCCC2)cc1)C1CCN(C(=O)CCc2ccccc2)CC1. The van der Waals surface area contributed by atoms with Gasteiger partial charge in [0.2, 0.25) is 11.8 Å². The minimum absolute atomic E-state index is 0.0166. The van der Waals surface area contributed by atoms with Crippen molar-refractivity contribution in [2.24, 2.45) is 5.92 Å². The largest absolute Gasteiger partial charge is 0.490 e. The minimum Gasteiger partial charge on any atom is -0.490 e. The maximum absolute atomic E-state index is 12.6. The van der Waals surface area contributed by atoms with Gasteiger partial charge in [-0.2, -0.15) is 0 Å². The lowest BCUT2D eigenvalue weighted by molar-refractivity contribution is -0.135. The number of amides is 2. The third-order valence-electron chi connectivity index (χ3n) is 6.93. The van der Waals surface area contributed by atoms with E-state index in [4.69, 9.17) is 4.74 Å². The number of nitrogens with one attached hydrogen (secondary N) is 1. The molecule has 1 N–H and O–H groups in total. The fourth-order valence-electron chi connectivity index (χ4n) is 4.84. The number of carbonyl (C=O) groups is 2. The van der Waals surface area contributed by atoms with Crippen LogP contribution in [0.2, 0.25) is 0 Å². The highest BCUT2D eigenvalue weighted by atomic mass is 16.5. The smallest absolute Gasteiger partial charge is 0.223 e. The zero-order valence-electron chi connectivity index (χ0n) is 19.5. The predicted molar refractivity (Wildman–Crippen MR) is 130 cm³/mol. The summed E-state index contributed by atoms with van der Waals surface area (Å²) in [6.45, 7) is 1.86. The van der Waals surface area contributed by atoms with E-state index in [1.807, 2.05) is 47.4 Å². The summed E-state index contributed by atoms with van der Waals surface area (Å²) in [5, 5.41) is 3.08. The highest BCUT2D eigenvalue weighted by Crippen LogP contribution is 2.24. The number of rotatable bonds is 8. The molecule has 2 amide bonds. The first-order valence-electron chi connectivity index (χ1n) is 12.5. The number of nitrogens with zero attached hydrogens (tertiary/aromatic N) is 1.